The standard InChI is InChI=1S/C24H32N3O8P/c1-16(22(29)26-17(2)36(32,33-3)34-4)25-23(30)21(14-18-10-12-20(28)13-11-18)27-24(31)35-15-19-8-6-5-7-9-19/h5-13,16-17,21,28H,14-15H2,1-4H3,(H,25,30)(H,26,29)(H,27,31)/t16-,17+,21-/m0/s1. The van der Waals surface area contributed by atoms with Gasteiger partial charge in [-0.05, 0) is 37.1 Å². The van der Waals surface area contributed by atoms with Crippen molar-refractivity contribution in [3.05, 3.63) is 65.7 Å². The van der Waals surface area contributed by atoms with Gasteiger partial charge in [-0.15, -0.1) is 0 Å². The molecule has 12 heteroatoms. The first-order valence-electron chi connectivity index (χ1n) is 11.1. The molecule has 0 aromatic heterocycles. The first-order chi connectivity index (χ1) is 17.1. The topological polar surface area (TPSA) is 152 Å². The number of benzene rings is 2. The Morgan fingerprint density at radius 1 is 0.861 bits per heavy atom. The number of carbonyl (C=O) groups excluding carboxylic acids is 3. The van der Waals surface area contributed by atoms with E-state index < -0.39 is 43.4 Å². The number of alkyl carbamates (subject to hydrolysis) is 1. The van der Waals surface area contributed by atoms with Crippen LogP contribution in [0, 0.1) is 0 Å². The molecule has 4 N–H and O–H groups in total. The first kappa shape index (κ1) is 28.8. The fourth-order valence-electron chi connectivity index (χ4n) is 3.16. The van der Waals surface area contributed by atoms with Gasteiger partial charge < -0.3 is 34.8 Å². The van der Waals surface area contributed by atoms with Crippen molar-refractivity contribution >= 4 is 25.5 Å². The van der Waals surface area contributed by atoms with Crippen molar-refractivity contribution in [1.29, 1.82) is 0 Å². The van der Waals surface area contributed by atoms with Gasteiger partial charge in [0.25, 0.3) is 0 Å². The summed E-state index contributed by atoms with van der Waals surface area (Å²) in [7, 11) is -1.15. The van der Waals surface area contributed by atoms with Crippen LogP contribution in [-0.2, 0) is 41.0 Å². The Hall–Kier alpha value is -3.40. The number of amides is 3. The molecule has 3 amide bonds. The molecule has 0 aliphatic rings. The zero-order valence-electron chi connectivity index (χ0n) is 20.6. The molecule has 2 aromatic rings. The average Bonchev–Trinajstić information content (AvgIpc) is 2.88. The molecule has 0 saturated heterocycles. The Labute approximate surface area is 210 Å². The van der Waals surface area contributed by atoms with Crippen LogP contribution < -0.4 is 16.0 Å². The summed E-state index contributed by atoms with van der Waals surface area (Å²) in [4.78, 5) is 38.0. The van der Waals surface area contributed by atoms with Gasteiger partial charge in [0.2, 0.25) is 11.8 Å². The quantitative estimate of drug-likeness (QED) is 0.311. The van der Waals surface area contributed by atoms with Gasteiger partial charge in [-0.2, -0.15) is 0 Å². The Kier molecular flexibility index (Phi) is 10.9. The van der Waals surface area contributed by atoms with Crippen molar-refractivity contribution in [1.82, 2.24) is 16.0 Å². The fourth-order valence-corrected chi connectivity index (χ4v) is 4.23. The van der Waals surface area contributed by atoms with Crippen molar-refractivity contribution in [2.45, 2.75) is 44.7 Å². The summed E-state index contributed by atoms with van der Waals surface area (Å²) in [6.45, 7) is 2.91. The van der Waals surface area contributed by atoms with Gasteiger partial charge in [-0.1, -0.05) is 42.5 Å². The third-order valence-electron chi connectivity index (χ3n) is 5.28. The predicted octanol–water partition coefficient (Wildman–Crippen LogP) is 2.68. The summed E-state index contributed by atoms with van der Waals surface area (Å²) in [6.07, 6.45) is -0.746. The highest BCUT2D eigenvalue weighted by Gasteiger charge is 2.33. The van der Waals surface area contributed by atoms with Gasteiger partial charge in [0, 0.05) is 20.6 Å². The summed E-state index contributed by atoms with van der Waals surface area (Å²) in [5, 5.41) is 17.1. The van der Waals surface area contributed by atoms with Crippen LogP contribution >= 0.6 is 7.60 Å². The molecule has 3 atom stereocenters. The number of carbonyl (C=O) groups is 3. The highest BCUT2D eigenvalue weighted by atomic mass is 31.2. The number of nitrogens with one attached hydrogen (secondary N) is 3. The predicted molar refractivity (Wildman–Crippen MR) is 132 cm³/mol. The summed E-state index contributed by atoms with van der Waals surface area (Å²) in [6, 6.07) is 13.0. The second-order valence-corrected chi connectivity index (χ2v) is 10.5. The Balaban J connectivity index is 2.06. The van der Waals surface area contributed by atoms with E-state index in [0.29, 0.717) is 5.56 Å². The molecular weight excluding hydrogens is 489 g/mol. The summed E-state index contributed by atoms with van der Waals surface area (Å²) in [5.74, 6) is -2.17. The van der Waals surface area contributed by atoms with Crippen LogP contribution in [-0.4, -0.2) is 55.1 Å². The molecule has 0 spiro atoms. The maximum atomic E-state index is 13.0. The van der Waals surface area contributed by atoms with Gasteiger partial charge >= 0.3 is 13.7 Å². The third-order valence-corrected chi connectivity index (χ3v) is 7.38. The maximum Gasteiger partial charge on any atom is 0.408 e. The van der Waals surface area contributed by atoms with Crippen LogP contribution in [0.3, 0.4) is 0 Å². The maximum absolute atomic E-state index is 13.0. The zero-order valence-corrected chi connectivity index (χ0v) is 21.5. The van der Waals surface area contributed by atoms with Crippen LogP contribution in [0.2, 0.25) is 0 Å². The molecule has 2 aromatic carbocycles. The lowest BCUT2D eigenvalue weighted by molar-refractivity contribution is -0.129. The highest BCUT2D eigenvalue weighted by molar-refractivity contribution is 7.54. The van der Waals surface area contributed by atoms with Crippen molar-refractivity contribution in [2.75, 3.05) is 14.2 Å². The molecule has 2 rings (SSSR count). The molecule has 0 aliphatic carbocycles. The molecule has 0 aliphatic heterocycles. The zero-order chi connectivity index (χ0) is 26.7. The van der Waals surface area contributed by atoms with Gasteiger partial charge in [0.05, 0.1) is 0 Å². The van der Waals surface area contributed by atoms with Gasteiger partial charge in [-0.25, -0.2) is 4.79 Å². The first-order valence-corrected chi connectivity index (χ1v) is 12.8. The number of phenolic OH excluding ortho intramolecular Hbond substituents is 1. The molecule has 0 unspecified atom stereocenters. The molecule has 11 nitrogen and oxygen atoms in total. The molecule has 36 heavy (non-hydrogen) atoms. The number of phenols is 1. The minimum Gasteiger partial charge on any atom is -0.508 e. The third kappa shape index (κ3) is 8.67. The van der Waals surface area contributed by atoms with Gasteiger partial charge in [-0.3, -0.25) is 14.2 Å². The number of hydrogen-bond acceptors (Lipinski definition) is 8. The lowest BCUT2D eigenvalue weighted by atomic mass is 10.0. The lowest BCUT2D eigenvalue weighted by Gasteiger charge is -2.25. The smallest absolute Gasteiger partial charge is 0.408 e. The van der Waals surface area contributed by atoms with E-state index in [-0.39, 0.29) is 18.8 Å². The largest absolute Gasteiger partial charge is 0.508 e. The summed E-state index contributed by atoms with van der Waals surface area (Å²) < 4.78 is 27.4. The van der Waals surface area contributed by atoms with E-state index in [1.165, 1.54) is 40.2 Å². The number of rotatable bonds is 12. The van der Waals surface area contributed by atoms with Crippen molar-refractivity contribution in [2.24, 2.45) is 0 Å². The molecular formula is C24H32N3O8P. The van der Waals surface area contributed by atoms with E-state index in [1.54, 1.807) is 24.3 Å². The number of aromatic hydroxyl groups is 1. The molecule has 0 radical (unpaired) electrons. The Morgan fingerprint density at radius 3 is 2.06 bits per heavy atom. The van der Waals surface area contributed by atoms with Gasteiger partial charge in [0.1, 0.15) is 30.2 Å². The van der Waals surface area contributed by atoms with Crippen LogP contribution in [0.25, 0.3) is 0 Å². The average molecular weight is 522 g/mol. The normalized spacial score (nSPS) is 13.7. The Morgan fingerprint density at radius 2 is 1.47 bits per heavy atom. The monoisotopic (exact) mass is 521 g/mol. The van der Waals surface area contributed by atoms with Crippen LogP contribution in [0.4, 0.5) is 4.79 Å². The summed E-state index contributed by atoms with van der Waals surface area (Å²) >= 11 is 0. The molecule has 196 valence electrons. The van der Waals surface area contributed by atoms with E-state index in [2.05, 4.69) is 16.0 Å². The van der Waals surface area contributed by atoms with E-state index in [1.807, 2.05) is 18.2 Å². The van der Waals surface area contributed by atoms with Crippen molar-refractivity contribution < 1.29 is 37.8 Å². The lowest BCUT2D eigenvalue weighted by Crippen LogP contribution is -2.54. The number of hydrogen-bond donors (Lipinski definition) is 4. The fraction of sp³-hybridized carbons (Fsp3) is 0.375. The minimum absolute atomic E-state index is 0.00990. The van der Waals surface area contributed by atoms with E-state index in [0.717, 1.165) is 5.56 Å². The van der Waals surface area contributed by atoms with Crippen LogP contribution in [0.1, 0.15) is 25.0 Å². The second-order valence-electron chi connectivity index (χ2n) is 7.95. The summed E-state index contributed by atoms with van der Waals surface area (Å²) in [5.41, 5.74) is 1.43. The molecule has 0 fully saturated rings. The second kappa shape index (κ2) is 13.6. The molecule has 0 heterocycles. The minimum atomic E-state index is -3.56. The van der Waals surface area contributed by atoms with Crippen LogP contribution in [0.15, 0.2) is 54.6 Å². The number of ether oxygens (including phenoxy) is 1. The Bertz CT molecular complexity index is 1060. The highest BCUT2D eigenvalue weighted by Crippen LogP contribution is 2.50. The van der Waals surface area contributed by atoms with E-state index in [4.69, 9.17) is 13.8 Å². The molecule has 0 saturated carbocycles. The molecule has 0 bridgehead atoms. The van der Waals surface area contributed by atoms with Gasteiger partial charge in [0.15, 0.2) is 0 Å². The SMILES string of the molecule is COP(=O)(OC)[C@H](C)NC(=O)[C@H](C)NC(=O)[C@H](Cc1ccc(O)cc1)NC(=O)OCc1ccccc1. The van der Waals surface area contributed by atoms with Crippen LogP contribution in [0.5, 0.6) is 5.75 Å². The van der Waals surface area contributed by atoms with E-state index in [9.17, 15) is 24.1 Å². The van der Waals surface area contributed by atoms with E-state index >= 15 is 0 Å². The van der Waals surface area contributed by atoms with Crippen molar-refractivity contribution in [3.8, 4) is 5.75 Å². The van der Waals surface area contributed by atoms with Crippen molar-refractivity contribution in [3.63, 3.8) is 0 Å².